The molecule has 112 valence electrons. The molecule has 7 heteroatoms. The standard InChI is InChI=1S/C13H17Cl2NO3S/c1-13(5-2-6-13)8-16-20(18,19)11-4-3-10(14)9(7-17)12(11)15/h3-4,16-17H,2,5-8H2,1H3. The Morgan fingerprint density at radius 3 is 2.50 bits per heavy atom. The largest absolute Gasteiger partial charge is 0.392 e. The molecular formula is C13H17Cl2NO3S. The van der Waals surface area contributed by atoms with Crippen LogP contribution in [0.5, 0.6) is 0 Å². The molecule has 20 heavy (non-hydrogen) atoms. The summed E-state index contributed by atoms with van der Waals surface area (Å²) < 4.78 is 27.2. The molecule has 0 atom stereocenters. The number of sulfonamides is 1. The molecule has 4 nitrogen and oxygen atoms in total. The maximum absolute atomic E-state index is 12.3. The van der Waals surface area contributed by atoms with Crippen LogP contribution in [0, 0.1) is 5.41 Å². The lowest BCUT2D eigenvalue weighted by Crippen LogP contribution is -2.40. The van der Waals surface area contributed by atoms with Crippen molar-refractivity contribution in [3.05, 3.63) is 27.7 Å². The van der Waals surface area contributed by atoms with Crippen LogP contribution < -0.4 is 4.72 Å². The summed E-state index contributed by atoms with van der Waals surface area (Å²) >= 11 is 11.9. The molecule has 0 aromatic heterocycles. The van der Waals surface area contributed by atoms with Crippen LogP contribution in [0.3, 0.4) is 0 Å². The lowest BCUT2D eigenvalue weighted by Gasteiger charge is -2.38. The van der Waals surface area contributed by atoms with E-state index < -0.39 is 16.6 Å². The van der Waals surface area contributed by atoms with Gasteiger partial charge in [-0.1, -0.05) is 36.5 Å². The van der Waals surface area contributed by atoms with Crippen molar-refractivity contribution in [2.24, 2.45) is 5.41 Å². The number of halogens is 2. The van der Waals surface area contributed by atoms with Crippen LogP contribution in [0.2, 0.25) is 10.0 Å². The molecule has 0 heterocycles. The second-order valence-electron chi connectivity index (χ2n) is 5.48. The molecule has 0 unspecified atom stereocenters. The van der Waals surface area contributed by atoms with Gasteiger partial charge in [-0.15, -0.1) is 0 Å². The van der Waals surface area contributed by atoms with Crippen LogP contribution in [0.1, 0.15) is 31.7 Å². The highest BCUT2D eigenvalue weighted by Crippen LogP contribution is 2.40. The molecule has 0 saturated heterocycles. The van der Waals surface area contributed by atoms with E-state index in [1.54, 1.807) is 0 Å². The minimum atomic E-state index is -3.70. The van der Waals surface area contributed by atoms with Gasteiger partial charge in [-0.25, -0.2) is 13.1 Å². The molecule has 1 aliphatic carbocycles. The predicted molar refractivity (Wildman–Crippen MR) is 79.5 cm³/mol. The maximum atomic E-state index is 12.3. The fourth-order valence-corrected chi connectivity index (χ4v) is 4.33. The van der Waals surface area contributed by atoms with E-state index in [0.717, 1.165) is 19.3 Å². The summed E-state index contributed by atoms with van der Waals surface area (Å²) in [5.74, 6) is 0. The third-order valence-corrected chi connectivity index (χ3v) is 6.19. The van der Waals surface area contributed by atoms with E-state index in [0.29, 0.717) is 6.54 Å². The first-order valence-electron chi connectivity index (χ1n) is 6.36. The molecule has 2 N–H and O–H groups in total. The Morgan fingerprint density at radius 1 is 1.35 bits per heavy atom. The zero-order chi connectivity index (χ0) is 15.0. The molecule has 1 aromatic rings. The molecular weight excluding hydrogens is 321 g/mol. The zero-order valence-corrected chi connectivity index (χ0v) is 13.4. The Hall–Kier alpha value is -0.330. The van der Waals surface area contributed by atoms with Crippen LogP contribution in [0.4, 0.5) is 0 Å². The normalized spacial score (nSPS) is 17.8. The van der Waals surface area contributed by atoms with Gasteiger partial charge in [-0.2, -0.15) is 0 Å². The minimum Gasteiger partial charge on any atom is -0.392 e. The Labute approximate surface area is 129 Å². The molecule has 2 rings (SSSR count). The summed E-state index contributed by atoms with van der Waals surface area (Å²) in [5, 5.41) is 9.44. The van der Waals surface area contributed by atoms with Gasteiger partial charge in [0.2, 0.25) is 10.0 Å². The second kappa shape index (κ2) is 5.81. The van der Waals surface area contributed by atoms with E-state index in [1.807, 2.05) is 0 Å². The van der Waals surface area contributed by atoms with Gasteiger partial charge in [-0.3, -0.25) is 0 Å². The quantitative estimate of drug-likeness (QED) is 0.867. The van der Waals surface area contributed by atoms with Gasteiger partial charge in [0.05, 0.1) is 11.6 Å². The van der Waals surface area contributed by atoms with E-state index in [2.05, 4.69) is 11.6 Å². The third kappa shape index (κ3) is 3.12. The first kappa shape index (κ1) is 16.0. The van der Waals surface area contributed by atoms with Crippen LogP contribution in [0.15, 0.2) is 17.0 Å². The van der Waals surface area contributed by atoms with Gasteiger partial charge >= 0.3 is 0 Å². The third-order valence-electron chi connectivity index (χ3n) is 3.85. The van der Waals surface area contributed by atoms with Crippen molar-refractivity contribution >= 4 is 33.2 Å². The van der Waals surface area contributed by atoms with E-state index in [1.165, 1.54) is 12.1 Å². The topological polar surface area (TPSA) is 66.4 Å². The van der Waals surface area contributed by atoms with Crippen molar-refractivity contribution in [3.8, 4) is 0 Å². The molecule has 1 aromatic carbocycles. The van der Waals surface area contributed by atoms with Gasteiger partial charge in [-0.05, 0) is 30.4 Å². The average molecular weight is 338 g/mol. The maximum Gasteiger partial charge on any atom is 0.242 e. The molecule has 0 aliphatic heterocycles. The van der Waals surface area contributed by atoms with Crippen molar-refractivity contribution in [1.29, 1.82) is 0 Å². The van der Waals surface area contributed by atoms with Crippen molar-refractivity contribution < 1.29 is 13.5 Å². The zero-order valence-electron chi connectivity index (χ0n) is 11.1. The predicted octanol–water partition coefficient (Wildman–Crippen LogP) is 2.95. The smallest absolute Gasteiger partial charge is 0.242 e. The number of benzene rings is 1. The van der Waals surface area contributed by atoms with E-state index in [-0.39, 0.29) is 25.9 Å². The Balaban J connectivity index is 2.25. The fraction of sp³-hybridized carbons (Fsp3) is 0.538. The molecule has 0 spiro atoms. The number of nitrogens with one attached hydrogen (secondary N) is 1. The van der Waals surface area contributed by atoms with Crippen molar-refractivity contribution in [1.82, 2.24) is 4.72 Å². The Kier molecular flexibility index (Phi) is 4.66. The molecule has 0 bridgehead atoms. The molecule has 0 radical (unpaired) electrons. The van der Waals surface area contributed by atoms with Gasteiger partial charge in [0.25, 0.3) is 0 Å². The highest BCUT2D eigenvalue weighted by molar-refractivity contribution is 7.89. The first-order valence-corrected chi connectivity index (χ1v) is 8.60. The highest BCUT2D eigenvalue weighted by Gasteiger charge is 2.33. The van der Waals surface area contributed by atoms with E-state index >= 15 is 0 Å². The monoisotopic (exact) mass is 337 g/mol. The van der Waals surface area contributed by atoms with E-state index in [9.17, 15) is 13.5 Å². The number of hydrogen-bond acceptors (Lipinski definition) is 3. The molecule has 1 saturated carbocycles. The van der Waals surface area contributed by atoms with Crippen LogP contribution >= 0.6 is 23.2 Å². The van der Waals surface area contributed by atoms with Crippen molar-refractivity contribution in [2.75, 3.05) is 6.54 Å². The number of aliphatic hydroxyl groups is 1. The summed E-state index contributed by atoms with van der Waals surface area (Å²) in [6, 6.07) is 2.79. The molecule has 1 fully saturated rings. The lowest BCUT2D eigenvalue weighted by atomic mass is 9.71. The van der Waals surface area contributed by atoms with Gasteiger partial charge in [0.1, 0.15) is 4.90 Å². The van der Waals surface area contributed by atoms with Crippen LogP contribution in [-0.2, 0) is 16.6 Å². The Morgan fingerprint density at radius 2 is 2.00 bits per heavy atom. The fourth-order valence-electron chi connectivity index (χ4n) is 2.23. The van der Waals surface area contributed by atoms with Crippen LogP contribution in [0.25, 0.3) is 0 Å². The summed E-state index contributed by atoms with van der Waals surface area (Å²) in [6.45, 7) is 2.04. The molecule has 0 amide bonds. The molecule has 1 aliphatic rings. The number of rotatable bonds is 5. The Bertz CT molecular complexity index is 612. The summed E-state index contributed by atoms with van der Waals surface area (Å²) in [4.78, 5) is -0.0458. The first-order chi connectivity index (χ1) is 9.29. The lowest BCUT2D eigenvalue weighted by molar-refractivity contribution is 0.166. The minimum absolute atomic E-state index is 0.0220. The van der Waals surface area contributed by atoms with Crippen LogP contribution in [-0.4, -0.2) is 20.1 Å². The van der Waals surface area contributed by atoms with Gasteiger partial charge < -0.3 is 5.11 Å². The second-order valence-corrected chi connectivity index (χ2v) is 8.01. The van der Waals surface area contributed by atoms with Gasteiger partial charge in [0, 0.05) is 17.1 Å². The summed E-state index contributed by atoms with van der Waals surface area (Å²) in [5.41, 5.74) is 0.261. The SMILES string of the molecule is CC1(CNS(=O)(=O)c2ccc(Cl)c(CO)c2Cl)CCC1. The number of hydrogen-bond donors (Lipinski definition) is 2. The van der Waals surface area contributed by atoms with Crippen molar-refractivity contribution in [2.45, 2.75) is 37.7 Å². The highest BCUT2D eigenvalue weighted by atomic mass is 35.5. The average Bonchev–Trinajstić information content (AvgIpc) is 2.34. The number of aliphatic hydroxyl groups excluding tert-OH is 1. The summed E-state index contributed by atoms with van der Waals surface area (Å²) in [6.07, 6.45) is 3.17. The van der Waals surface area contributed by atoms with E-state index in [4.69, 9.17) is 23.2 Å². The van der Waals surface area contributed by atoms with Gasteiger partial charge in [0.15, 0.2) is 0 Å². The summed E-state index contributed by atoms with van der Waals surface area (Å²) in [7, 11) is -3.70. The van der Waals surface area contributed by atoms with Crippen molar-refractivity contribution in [3.63, 3.8) is 0 Å².